The molecule has 0 unspecified atom stereocenters. The number of halogens is 1. The predicted molar refractivity (Wildman–Crippen MR) is 95.8 cm³/mol. The second-order valence-corrected chi connectivity index (χ2v) is 6.12. The highest BCUT2D eigenvalue weighted by atomic mass is 79.9. The second-order valence-electron chi connectivity index (χ2n) is 5.27. The molecule has 0 aliphatic carbocycles. The molecule has 126 valence electrons. The number of carbonyl (C=O) groups excluding carboxylic acids is 1. The van der Waals surface area contributed by atoms with E-state index in [-0.39, 0.29) is 6.10 Å². The lowest BCUT2D eigenvalue weighted by molar-refractivity contribution is 0.0599. The first-order valence-electron chi connectivity index (χ1n) is 7.27. The Morgan fingerprint density at radius 1 is 1.25 bits per heavy atom. The normalized spacial score (nSPS) is 10.4. The van der Waals surface area contributed by atoms with Crippen LogP contribution in [-0.2, 0) is 4.74 Å². The van der Waals surface area contributed by atoms with Crippen molar-refractivity contribution in [2.45, 2.75) is 20.0 Å². The molecule has 7 heteroatoms. The fourth-order valence-electron chi connectivity index (χ4n) is 2.07. The average molecular weight is 392 g/mol. The molecule has 0 bridgehead atoms. The van der Waals surface area contributed by atoms with Crippen molar-refractivity contribution in [2.24, 2.45) is 5.11 Å². The van der Waals surface area contributed by atoms with Crippen LogP contribution in [0.15, 0.2) is 46.0 Å². The van der Waals surface area contributed by atoms with Gasteiger partial charge in [-0.2, -0.15) is 5.11 Å². The van der Waals surface area contributed by atoms with E-state index in [9.17, 15) is 4.79 Å². The maximum absolute atomic E-state index is 11.7. The number of hydrogen-bond acceptors (Lipinski definition) is 6. The quantitative estimate of drug-likeness (QED) is 0.507. The fraction of sp³-hybridized carbons (Fsp3) is 0.235. The van der Waals surface area contributed by atoms with Gasteiger partial charge in [-0.05, 0) is 66.2 Å². The van der Waals surface area contributed by atoms with Crippen LogP contribution in [0.5, 0.6) is 5.75 Å². The minimum atomic E-state index is -0.492. The Bertz CT molecular complexity index is 745. The first kappa shape index (κ1) is 17.9. The Hall–Kier alpha value is -2.41. The Kier molecular flexibility index (Phi) is 5.92. The number of hydrogen-bond donors (Lipinski definition) is 2. The zero-order valence-electron chi connectivity index (χ0n) is 13.6. The SMILES string of the molecule is COC(=O)c1cc(N=N)c(Nc2ccc(OC(C)C)cc2)cc1Br. The average Bonchev–Trinajstić information content (AvgIpc) is 2.55. The number of ether oxygens (including phenoxy) is 2. The van der Waals surface area contributed by atoms with Crippen LogP contribution in [0.4, 0.5) is 17.1 Å². The van der Waals surface area contributed by atoms with E-state index >= 15 is 0 Å². The van der Waals surface area contributed by atoms with Gasteiger partial charge in [0, 0.05) is 10.2 Å². The number of benzene rings is 2. The van der Waals surface area contributed by atoms with Crippen molar-refractivity contribution in [3.05, 3.63) is 46.4 Å². The third-order valence-electron chi connectivity index (χ3n) is 3.12. The van der Waals surface area contributed by atoms with Gasteiger partial charge in [0.05, 0.1) is 24.5 Å². The molecule has 0 aliphatic rings. The number of methoxy groups -OCH3 is 1. The Balaban J connectivity index is 2.27. The van der Waals surface area contributed by atoms with Crippen molar-refractivity contribution >= 4 is 39.0 Å². The molecule has 2 rings (SSSR count). The number of carbonyl (C=O) groups is 1. The summed E-state index contributed by atoms with van der Waals surface area (Å²) in [6.45, 7) is 3.93. The van der Waals surface area contributed by atoms with Crippen LogP contribution in [0.1, 0.15) is 24.2 Å². The number of esters is 1. The van der Waals surface area contributed by atoms with Gasteiger partial charge in [0.2, 0.25) is 0 Å². The molecule has 0 saturated heterocycles. The van der Waals surface area contributed by atoms with Crippen molar-refractivity contribution in [1.82, 2.24) is 0 Å². The third-order valence-corrected chi connectivity index (χ3v) is 3.77. The molecule has 0 amide bonds. The highest BCUT2D eigenvalue weighted by Crippen LogP contribution is 2.34. The molecule has 2 N–H and O–H groups in total. The second kappa shape index (κ2) is 7.92. The molecule has 0 aromatic heterocycles. The minimum absolute atomic E-state index is 0.111. The van der Waals surface area contributed by atoms with E-state index in [4.69, 9.17) is 15.0 Å². The smallest absolute Gasteiger partial charge is 0.339 e. The summed E-state index contributed by atoms with van der Waals surface area (Å²) >= 11 is 3.34. The molecular weight excluding hydrogens is 374 g/mol. The van der Waals surface area contributed by atoms with E-state index in [0.29, 0.717) is 21.4 Å². The zero-order valence-corrected chi connectivity index (χ0v) is 15.2. The van der Waals surface area contributed by atoms with Gasteiger partial charge in [-0.1, -0.05) is 0 Å². The molecule has 0 heterocycles. The standard InChI is InChI=1S/C17H18BrN3O3/c1-10(2)24-12-6-4-11(5-7-12)20-15-9-14(18)13(17(22)23-3)8-16(15)21-19/h4-10,19-20H,1-3H3. The summed E-state index contributed by atoms with van der Waals surface area (Å²) in [6, 6.07) is 10.6. The molecular formula is C17H18BrN3O3. The summed E-state index contributed by atoms with van der Waals surface area (Å²) in [4.78, 5) is 11.7. The Morgan fingerprint density at radius 3 is 2.46 bits per heavy atom. The lowest BCUT2D eigenvalue weighted by atomic mass is 10.1. The summed E-state index contributed by atoms with van der Waals surface area (Å²) in [5.74, 6) is 0.289. The van der Waals surface area contributed by atoms with E-state index in [1.54, 1.807) is 6.07 Å². The summed E-state index contributed by atoms with van der Waals surface area (Å²) in [5.41, 5.74) is 9.39. The Morgan fingerprint density at radius 2 is 1.92 bits per heavy atom. The maximum Gasteiger partial charge on any atom is 0.339 e. The van der Waals surface area contributed by atoms with E-state index in [0.717, 1.165) is 11.4 Å². The molecule has 0 spiro atoms. The van der Waals surface area contributed by atoms with Crippen molar-refractivity contribution < 1.29 is 14.3 Å². The molecule has 0 saturated carbocycles. The van der Waals surface area contributed by atoms with E-state index in [1.807, 2.05) is 38.1 Å². The van der Waals surface area contributed by atoms with E-state index < -0.39 is 5.97 Å². The molecule has 2 aromatic rings. The lowest BCUT2D eigenvalue weighted by Crippen LogP contribution is -2.05. The van der Waals surface area contributed by atoms with Gasteiger partial charge in [0.15, 0.2) is 0 Å². The highest BCUT2D eigenvalue weighted by molar-refractivity contribution is 9.10. The van der Waals surface area contributed by atoms with Gasteiger partial charge >= 0.3 is 5.97 Å². The molecule has 24 heavy (non-hydrogen) atoms. The van der Waals surface area contributed by atoms with Gasteiger partial charge < -0.3 is 14.8 Å². The molecule has 2 aromatic carbocycles. The number of rotatable bonds is 6. The van der Waals surface area contributed by atoms with Crippen LogP contribution in [0.25, 0.3) is 0 Å². The highest BCUT2D eigenvalue weighted by Gasteiger charge is 2.15. The zero-order chi connectivity index (χ0) is 17.7. The molecule has 0 radical (unpaired) electrons. The first-order chi connectivity index (χ1) is 11.4. The maximum atomic E-state index is 11.7. The van der Waals surface area contributed by atoms with Crippen molar-refractivity contribution in [3.63, 3.8) is 0 Å². The predicted octanol–water partition coefficient (Wildman–Crippen LogP) is 5.43. The van der Waals surface area contributed by atoms with Gasteiger partial charge in [-0.15, -0.1) is 0 Å². The first-order valence-corrected chi connectivity index (χ1v) is 8.07. The largest absolute Gasteiger partial charge is 0.491 e. The molecule has 0 fully saturated rings. The van der Waals surface area contributed by atoms with Gasteiger partial charge in [0.25, 0.3) is 0 Å². The number of nitrogens with zero attached hydrogens (tertiary/aromatic N) is 1. The summed E-state index contributed by atoms with van der Waals surface area (Å²) in [7, 11) is 1.30. The van der Waals surface area contributed by atoms with Crippen LogP contribution in [-0.4, -0.2) is 19.2 Å². The van der Waals surface area contributed by atoms with Gasteiger partial charge in [-0.25, -0.2) is 10.3 Å². The van der Waals surface area contributed by atoms with Crippen LogP contribution in [0.3, 0.4) is 0 Å². The van der Waals surface area contributed by atoms with Crippen molar-refractivity contribution in [1.29, 1.82) is 5.53 Å². The summed E-state index contributed by atoms with van der Waals surface area (Å²) in [6.07, 6.45) is 0.111. The van der Waals surface area contributed by atoms with Crippen molar-refractivity contribution in [3.8, 4) is 5.75 Å². The van der Waals surface area contributed by atoms with Crippen LogP contribution < -0.4 is 10.1 Å². The third kappa shape index (κ3) is 4.32. The van der Waals surface area contributed by atoms with Crippen LogP contribution in [0.2, 0.25) is 0 Å². The monoisotopic (exact) mass is 391 g/mol. The van der Waals surface area contributed by atoms with Crippen molar-refractivity contribution in [2.75, 3.05) is 12.4 Å². The lowest BCUT2D eigenvalue weighted by Gasteiger charge is -2.13. The topological polar surface area (TPSA) is 83.8 Å². The van der Waals surface area contributed by atoms with Gasteiger partial charge in [0.1, 0.15) is 11.4 Å². The van der Waals surface area contributed by atoms with Crippen LogP contribution >= 0.6 is 15.9 Å². The number of nitrogens with one attached hydrogen (secondary N) is 2. The summed E-state index contributed by atoms with van der Waals surface area (Å²) < 4.78 is 10.9. The number of anilines is 2. The Labute approximate surface area is 148 Å². The van der Waals surface area contributed by atoms with Crippen LogP contribution in [0, 0.1) is 5.53 Å². The van der Waals surface area contributed by atoms with E-state index in [2.05, 4.69) is 26.4 Å². The minimum Gasteiger partial charge on any atom is -0.491 e. The molecule has 0 atom stereocenters. The fourth-order valence-corrected chi connectivity index (χ4v) is 2.57. The van der Waals surface area contributed by atoms with E-state index in [1.165, 1.54) is 13.2 Å². The van der Waals surface area contributed by atoms with Gasteiger partial charge in [-0.3, -0.25) is 0 Å². The molecule has 6 nitrogen and oxygen atoms in total. The molecule has 0 aliphatic heterocycles. The summed E-state index contributed by atoms with van der Waals surface area (Å²) in [5, 5.41) is 6.65.